The second-order valence-corrected chi connectivity index (χ2v) is 4.81. The van der Waals surface area contributed by atoms with Gasteiger partial charge < -0.3 is 11.1 Å². The molecule has 0 unspecified atom stereocenters. The number of halogens is 2. The number of rotatable bonds is 3. The Kier molecular flexibility index (Phi) is 4.11. The molecule has 19 heavy (non-hydrogen) atoms. The predicted octanol–water partition coefficient (Wildman–Crippen LogP) is 2.50. The highest BCUT2D eigenvalue weighted by atomic mass is 79.9. The number of nitrogens with one attached hydrogen (secondary N) is 1. The molecule has 0 aliphatic heterocycles. The van der Waals surface area contributed by atoms with Gasteiger partial charge in [0.25, 0.3) is 5.91 Å². The van der Waals surface area contributed by atoms with Gasteiger partial charge in [0, 0.05) is 11.0 Å². The minimum atomic E-state index is -0.596. The van der Waals surface area contributed by atoms with Crippen molar-refractivity contribution in [3.8, 4) is 0 Å². The summed E-state index contributed by atoms with van der Waals surface area (Å²) in [6.45, 7) is 0.328. The molecule has 4 nitrogen and oxygen atoms in total. The monoisotopic (exact) mass is 323 g/mol. The number of aromatic nitrogens is 1. The van der Waals surface area contributed by atoms with E-state index in [1.165, 1.54) is 0 Å². The molecule has 2 rings (SSSR count). The fourth-order valence-corrected chi connectivity index (χ4v) is 2.00. The van der Waals surface area contributed by atoms with Crippen LogP contribution >= 0.6 is 15.9 Å². The summed E-state index contributed by atoms with van der Waals surface area (Å²) in [6, 6.07) is 8.58. The zero-order valence-electron chi connectivity index (χ0n) is 9.86. The van der Waals surface area contributed by atoms with Gasteiger partial charge in [0.15, 0.2) is 0 Å². The number of hydrogen-bond acceptors (Lipinski definition) is 3. The van der Waals surface area contributed by atoms with Gasteiger partial charge in [-0.05, 0) is 23.8 Å². The van der Waals surface area contributed by atoms with E-state index in [9.17, 15) is 9.18 Å². The minimum Gasteiger partial charge on any atom is -0.383 e. The van der Waals surface area contributed by atoms with Crippen molar-refractivity contribution in [3.05, 3.63) is 57.9 Å². The first-order valence-electron chi connectivity index (χ1n) is 5.50. The molecule has 1 aromatic heterocycles. The lowest BCUT2D eigenvalue weighted by atomic mass is 10.2. The molecular formula is C13H11BrFN3O. The van der Waals surface area contributed by atoms with Crippen LogP contribution in [-0.4, -0.2) is 10.9 Å². The number of pyridine rings is 1. The largest absolute Gasteiger partial charge is 0.383 e. The van der Waals surface area contributed by atoms with E-state index < -0.39 is 11.7 Å². The van der Waals surface area contributed by atoms with Gasteiger partial charge in [-0.15, -0.1) is 0 Å². The first-order chi connectivity index (χ1) is 9.06. The number of nitrogens with two attached hydrogens (primary N) is 1. The van der Waals surface area contributed by atoms with E-state index in [1.807, 2.05) is 24.3 Å². The SMILES string of the molecule is Nc1ncc(F)cc1C(=O)NCc1cccc(Br)c1. The molecule has 0 radical (unpaired) electrons. The van der Waals surface area contributed by atoms with E-state index in [2.05, 4.69) is 26.2 Å². The zero-order chi connectivity index (χ0) is 13.8. The van der Waals surface area contributed by atoms with Crippen molar-refractivity contribution >= 4 is 27.7 Å². The molecule has 0 fully saturated rings. The van der Waals surface area contributed by atoms with E-state index >= 15 is 0 Å². The van der Waals surface area contributed by atoms with Crippen LogP contribution in [0.2, 0.25) is 0 Å². The third kappa shape index (κ3) is 3.51. The molecule has 1 amide bonds. The van der Waals surface area contributed by atoms with Gasteiger partial charge in [0.05, 0.1) is 11.8 Å². The average molecular weight is 324 g/mol. The van der Waals surface area contributed by atoms with Gasteiger partial charge >= 0.3 is 0 Å². The van der Waals surface area contributed by atoms with E-state index in [4.69, 9.17) is 5.73 Å². The highest BCUT2D eigenvalue weighted by molar-refractivity contribution is 9.10. The van der Waals surface area contributed by atoms with Gasteiger partial charge in [-0.2, -0.15) is 0 Å². The number of benzene rings is 1. The highest BCUT2D eigenvalue weighted by Crippen LogP contribution is 2.13. The Labute approximate surface area is 118 Å². The molecule has 0 spiro atoms. The molecule has 6 heteroatoms. The lowest BCUT2D eigenvalue weighted by Gasteiger charge is -2.07. The van der Waals surface area contributed by atoms with Crippen LogP contribution in [0.4, 0.5) is 10.2 Å². The lowest BCUT2D eigenvalue weighted by molar-refractivity contribution is 0.0951. The van der Waals surface area contributed by atoms with Crippen LogP contribution < -0.4 is 11.1 Å². The minimum absolute atomic E-state index is 0.00754. The van der Waals surface area contributed by atoms with Crippen molar-refractivity contribution in [3.63, 3.8) is 0 Å². The summed E-state index contributed by atoms with van der Waals surface area (Å²) in [7, 11) is 0. The number of carbonyl (C=O) groups excluding carboxylic acids is 1. The maximum Gasteiger partial charge on any atom is 0.255 e. The summed E-state index contributed by atoms with van der Waals surface area (Å²) in [6.07, 6.45) is 0.973. The van der Waals surface area contributed by atoms with Crippen molar-refractivity contribution in [2.24, 2.45) is 0 Å². The number of carbonyl (C=O) groups is 1. The number of nitrogens with zero attached hydrogens (tertiary/aromatic N) is 1. The van der Waals surface area contributed by atoms with Crippen LogP contribution in [0.1, 0.15) is 15.9 Å². The van der Waals surface area contributed by atoms with Crippen LogP contribution in [0.15, 0.2) is 41.0 Å². The first-order valence-corrected chi connectivity index (χ1v) is 6.29. The summed E-state index contributed by atoms with van der Waals surface area (Å²) in [5.74, 6) is -1.04. The van der Waals surface area contributed by atoms with E-state index in [0.29, 0.717) is 6.54 Å². The molecule has 1 heterocycles. The molecule has 2 aromatic rings. The van der Waals surface area contributed by atoms with Gasteiger partial charge in [0.1, 0.15) is 11.6 Å². The quantitative estimate of drug-likeness (QED) is 0.911. The Morgan fingerprint density at radius 2 is 2.21 bits per heavy atom. The van der Waals surface area contributed by atoms with Crippen LogP contribution in [0.5, 0.6) is 0 Å². The predicted molar refractivity (Wildman–Crippen MR) is 73.9 cm³/mol. The van der Waals surface area contributed by atoms with Crippen molar-refractivity contribution in [2.45, 2.75) is 6.54 Å². The fourth-order valence-electron chi connectivity index (χ4n) is 1.56. The number of nitrogen functional groups attached to an aromatic ring is 1. The van der Waals surface area contributed by atoms with Crippen LogP contribution in [-0.2, 0) is 6.54 Å². The van der Waals surface area contributed by atoms with Gasteiger partial charge in [-0.25, -0.2) is 9.37 Å². The van der Waals surface area contributed by atoms with Gasteiger partial charge in [-0.1, -0.05) is 28.1 Å². The second kappa shape index (κ2) is 5.79. The third-order valence-corrected chi connectivity index (χ3v) is 2.97. The molecule has 0 saturated carbocycles. The summed E-state index contributed by atoms with van der Waals surface area (Å²) >= 11 is 3.34. The van der Waals surface area contributed by atoms with Crippen molar-refractivity contribution < 1.29 is 9.18 Å². The van der Waals surface area contributed by atoms with Crippen molar-refractivity contribution in [1.29, 1.82) is 0 Å². The van der Waals surface area contributed by atoms with Crippen LogP contribution in [0, 0.1) is 5.82 Å². The standard InChI is InChI=1S/C13H11BrFN3O/c14-9-3-1-2-8(4-9)6-18-13(19)11-5-10(15)7-17-12(11)16/h1-5,7H,6H2,(H2,16,17)(H,18,19). The molecule has 0 bridgehead atoms. The topological polar surface area (TPSA) is 68.0 Å². The summed E-state index contributed by atoms with van der Waals surface area (Å²) in [4.78, 5) is 15.5. The molecule has 0 aliphatic rings. The normalized spacial score (nSPS) is 10.2. The van der Waals surface area contributed by atoms with Crippen LogP contribution in [0.3, 0.4) is 0 Å². The number of hydrogen-bond donors (Lipinski definition) is 2. The Morgan fingerprint density at radius 3 is 2.95 bits per heavy atom. The molecule has 0 saturated heterocycles. The molecule has 0 aliphatic carbocycles. The summed E-state index contributed by atoms with van der Waals surface area (Å²) < 4.78 is 13.9. The van der Waals surface area contributed by atoms with Gasteiger partial charge in [0.2, 0.25) is 0 Å². The average Bonchev–Trinajstić information content (AvgIpc) is 2.39. The summed E-state index contributed by atoms with van der Waals surface area (Å²) in [5, 5.41) is 2.66. The Balaban J connectivity index is 2.07. The molecule has 0 atom stereocenters. The number of amides is 1. The van der Waals surface area contributed by atoms with Crippen molar-refractivity contribution in [2.75, 3.05) is 5.73 Å². The maximum atomic E-state index is 13.0. The Morgan fingerprint density at radius 1 is 1.42 bits per heavy atom. The molecule has 1 aromatic carbocycles. The van der Waals surface area contributed by atoms with Gasteiger partial charge in [-0.3, -0.25) is 4.79 Å². The van der Waals surface area contributed by atoms with Crippen molar-refractivity contribution in [1.82, 2.24) is 10.3 Å². The Bertz CT molecular complexity index is 619. The third-order valence-electron chi connectivity index (χ3n) is 2.47. The van der Waals surface area contributed by atoms with E-state index in [-0.39, 0.29) is 11.4 Å². The maximum absolute atomic E-state index is 13.0. The van der Waals surface area contributed by atoms with Crippen LogP contribution in [0.25, 0.3) is 0 Å². The Hall–Kier alpha value is -1.95. The van der Waals surface area contributed by atoms with E-state index in [0.717, 1.165) is 22.3 Å². The summed E-state index contributed by atoms with van der Waals surface area (Å²) in [5.41, 5.74) is 6.50. The zero-order valence-corrected chi connectivity index (χ0v) is 11.4. The highest BCUT2D eigenvalue weighted by Gasteiger charge is 2.11. The number of anilines is 1. The molecule has 3 N–H and O–H groups in total. The smallest absolute Gasteiger partial charge is 0.255 e. The lowest BCUT2D eigenvalue weighted by Crippen LogP contribution is -2.24. The first kappa shape index (κ1) is 13.5. The molecular weight excluding hydrogens is 313 g/mol. The second-order valence-electron chi connectivity index (χ2n) is 3.90. The van der Waals surface area contributed by atoms with E-state index in [1.54, 1.807) is 0 Å². The molecule has 98 valence electrons. The fraction of sp³-hybridized carbons (Fsp3) is 0.0769.